The lowest BCUT2D eigenvalue weighted by molar-refractivity contribution is 0.250. The van der Waals surface area contributed by atoms with Crippen LogP contribution in [0.5, 0.6) is 0 Å². The lowest BCUT2D eigenvalue weighted by atomic mass is 9.98. The lowest BCUT2D eigenvalue weighted by Crippen LogP contribution is -2.47. The Hall–Kier alpha value is -0.950. The van der Waals surface area contributed by atoms with Gasteiger partial charge in [0.25, 0.3) is 10.2 Å². The van der Waals surface area contributed by atoms with Gasteiger partial charge in [0.15, 0.2) is 0 Å². The molecule has 6 heteroatoms. The number of hydrogen-bond donors (Lipinski definition) is 1. The van der Waals surface area contributed by atoms with Gasteiger partial charge in [-0.15, -0.1) is 0 Å². The van der Waals surface area contributed by atoms with Crippen LogP contribution in [-0.4, -0.2) is 49.8 Å². The lowest BCUT2D eigenvalue weighted by Gasteiger charge is -2.34. The van der Waals surface area contributed by atoms with Crippen LogP contribution in [0, 0.1) is 5.92 Å². The van der Waals surface area contributed by atoms with E-state index in [2.05, 4.69) is 12.2 Å². The van der Waals surface area contributed by atoms with Crippen molar-refractivity contribution >= 4 is 10.2 Å². The highest BCUT2D eigenvalue weighted by Gasteiger charge is 2.32. The molecule has 1 aromatic carbocycles. The monoisotopic (exact) mass is 339 g/mol. The Kier molecular flexibility index (Phi) is 7.02. The Labute approximate surface area is 140 Å². The average molecular weight is 340 g/mol. The summed E-state index contributed by atoms with van der Waals surface area (Å²) in [5.41, 5.74) is 1.03. The molecule has 130 valence electrons. The summed E-state index contributed by atoms with van der Waals surface area (Å²) in [5, 5.41) is 3.36. The topological polar surface area (TPSA) is 52.7 Å². The average Bonchev–Trinajstić information content (AvgIpc) is 2.59. The van der Waals surface area contributed by atoms with Crippen LogP contribution in [0.2, 0.25) is 0 Å². The summed E-state index contributed by atoms with van der Waals surface area (Å²) in [6.45, 7) is 8.16. The Morgan fingerprint density at radius 3 is 2.39 bits per heavy atom. The largest absolute Gasteiger partial charge is 0.317 e. The SMILES string of the molecule is CCNCC1CCN(S(=O)(=O)N(CC)Cc2ccccc2)CC1. The van der Waals surface area contributed by atoms with E-state index in [-0.39, 0.29) is 0 Å². The highest BCUT2D eigenvalue weighted by molar-refractivity contribution is 7.86. The zero-order valence-electron chi connectivity index (χ0n) is 14.2. The number of nitrogens with zero attached hydrogens (tertiary/aromatic N) is 2. The molecule has 23 heavy (non-hydrogen) atoms. The van der Waals surface area contributed by atoms with Crippen LogP contribution in [0.1, 0.15) is 32.3 Å². The van der Waals surface area contributed by atoms with Crippen LogP contribution < -0.4 is 5.32 Å². The highest BCUT2D eigenvalue weighted by atomic mass is 32.2. The molecule has 0 atom stereocenters. The summed E-state index contributed by atoms with van der Waals surface area (Å²) in [5.74, 6) is 0.589. The van der Waals surface area contributed by atoms with E-state index in [1.54, 1.807) is 8.61 Å². The predicted octanol–water partition coefficient (Wildman–Crippen LogP) is 2.07. The van der Waals surface area contributed by atoms with Crippen molar-refractivity contribution in [2.45, 2.75) is 33.2 Å². The van der Waals surface area contributed by atoms with Crippen molar-refractivity contribution in [3.63, 3.8) is 0 Å². The molecule has 0 saturated carbocycles. The second kappa shape index (κ2) is 8.78. The van der Waals surface area contributed by atoms with Gasteiger partial charge in [0.05, 0.1) is 0 Å². The number of piperidine rings is 1. The van der Waals surface area contributed by atoms with Gasteiger partial charge in [-0.3, -0.25) is 0 Å². The van der Waals surface area contributed by atoms with E-state index in [0.29, 0.717) is 32.1 Å². The summed E-state index contributed by atoms with van der Waals surface area (Å²) in [4.78, 5) is 0. The van der Waals surface area contributed by atoms with Crippen molar-refractivity contribution in [2.24, 2.45) is 5.92 Å². The molecule has 1 fully saturated rings. The summed E-state index contributed by atoms with van der Waals surface area (Å²) in [7, 11) is -3.37. The molecule has 0 spiro atoms. The molecule has 1 aromatic rings. The van der Waals surface area contributed by atoms with Gasteiger partial charge in [-0.05, 0) is 37.4 Å². The van der Waals surface area contributed by atoms with Crippen LogP contribution in [0.3, 0.4) is 0 Å². The van der Waals surface area contributed by atoms with Crippen molar-refractivity contribution in [1.29, 1.82) is 0 Å². The smallest absolute Gasteiger partial charge is 0.282 e. The first-order valence-electron chi connectivity index (χ1n) is 8.57. The standard InChI is InChI=1S/C17H29N3O2S/c1-3-18-14-16-10-12-20(13-11-16)23(21,22)19(4-2)15-17-8-6-5-7-9-17/h5-9,16,18H,3-4,10-15H2,1-2H3. The van der Waals surface area contributed by atoms with Gasteiger partial charge in [-0.1, -0.05) is 44.2 Å². The van der Waals surface area contributed by atoms with Crippen molar-refractivity contribution in [3.05, 3.63) is 35.9 Å². The molecular weight excluding hydrogens is 310 g/mol. The molecule has 0 unspecified atom stereocenters. The number of nitrogens with one attached hydrogen (secondary N) is 1. The van der Waals surface area contributed by atoms with Gasteiger partial charge in [0.1, 0.15) is 0 Å². The predicted molar refractivity (Wildman–Crippen MR) is 94.3 cm³/mol. The van der Waals surface area contributed by atoms with Crippen LogP contribution in [0.15, 0.2) is 30.3 Å². The van der Waals surface area contributed by atoms with Crippen molar-refractivity contribution in [3.8, 4) is 0 Å². The van der Waals surface area contributed by atoms with E-state index in [9.17, 15) is 8.42 Å². The Morgan fingerprint density at radius 1 is 1.17 bits per heavy atom. The first-order chi connectivity index (χ1) is 11.1. The van der Waals surface area contributed by atoms with E-state index < -0.39 is 10.2 Å². The van der Waals surface area contributed by atoms with Crippen LogP contribution in [-0.2, 0) is 16.8 Å². The minimum atomic E-state index is -3.37. The molecule has 2 rings (SSSR count). The minimum Gasteiger partial charge on any atom is -0.317 e. The van der Waals surface area contributed by atoms with Crippen molar-refractivity contribution in [1.82, 2.24) is 13.9 Å². The summed E-state index contributed by atoms with van der Waals surface area (Å²) >= 11 is 0. The maximum absolute atomic E-state index is 12.9. The summed E-state index contributed by atoms with van der Waals surface area (Å²) in [6, 6.07) is 9.79. The minimum absolute atomic E-state index is 0.441. The summed E-state index contributed by atoms with van der Waals surface area (Å²) in [6.07, 6.45) is 1.88. The highest BCUT2D eigenvalue weighted by Crippen LogP contribution is 2.22. The van der Waals surface area contributed by atoms with Gasteiger partial charge in [0.2, 0.25) is 0 Å². The molecule has 1 aliphatic heterocycles. The summed E-state index contributed by atoms with van der Waals surface area (Å²) < 4.78 is 29.0. The zero-order chi connectivity index (χ0) is 16.7. The van der Waals surface area contributed by atoms with Crippen LogP contribution in [0.25, 0.3) is 0 Å². The van der Waals surface area contributed by atoms with Gasteiger partial charge in [0, 0.05) is 26.2 Å². The Bertz CT molecular complexity index is 554. The van der Waals surface area contributed by atoms with Gasteiger partial charge in [-0.2, -0.15) is 17.0 Å². The molecule has 0 aromatic heterocycles. The van der Waals surface area contributed by atoms with E-state index in [0.717, 1.165) is 31.5 Å². The first-order valence-corrected chi connectivity index (χ1v) is 9.97. The quantitative estimate of drug-likeness (QED) is 0.789. The van der Waals surface area contributed by atoms with Gasteiger partial charge < -0.3 is 5.32 Å². The van der Waals surface area contributed by atoms with E-state index in [4.69, 9.17) is 0 Å². The van der Waals surface area contributed by atoms with Gasteiger partial charge in [-0.25, -0.2) is 0 Å². The van der Waals surface area contributed by atoms with Crippen molar-refractivity contribution in [2.75, 3.05) is 32.7 Å². The Balaban J connectivity index is 1.97. The number of benzene rings is 1. The fourth-order valence-corrected chi connectivity index (χ4v) is 4.64. The maximum atomic E-state index is 12.9. The second-order valence-corrected chi connectivity index (χ2v) is 8.00. The zero-order valence-corrected chi connectivity index (χ0v) is 15.1. The molecule has 1 saturated heterocycles. The van der Waals surface area contributed by atoms with Crippen LogP contribution in [0.4, 0.5) is 0 Å². The third kappa shape index (κ3) is 5.01. The molecular formula is C17H29N3O2S. The molecule has 0 radical (unpaired) electrons. The number of hydrogen-bond acceptors (Lipinski definition) is 3. The molecule has 1 N–H and O–H groups in total. The number of rotatable bonds is 8. The first kappa shape index (κ1) is 18.4. The van der Waals surface area contributed by atoms with Crippen molar-refractivity contribution < 1.29 is 8.42 Å². The van der Waals surface area contributed by atoms with E-state index in [1.807, 2.05) is 37.3 Å². The van der Waals surface area contributed by atoms with Gasteiger partial charge >= 0.3 is 0 Å². The fourth-order valence-electron chi connectivity index (χ4n) is 3.00. The maximum Gasteiger partial charge on any atom is 0.282 e. The molecule has 0 amide bonds. The molecule has 1 aliphatic rings. The van der Waals surface area contributed by atoms with Crippen LogP contribution >= 0.6 is 0 Å². The third-order valence-corrected chi connectivity index (χ3v) is 6.52. The van der Waals surface area contributed by atoms with E-state index >= 15 is 0 Å². The van der Waals surface area contributed by atoms with E-state index in [1.165, 1.54) is 0 Å². The Morgan fingerprint density at radius 2 is 1.83 bits per heavy atom. The molecule has 0 bridgehead atoms. The molecule has 1 heterocycles. The third-order valence-electron chi connectivity index (χ3n) is 4.46. The second-order valence-electron chi connectivity index (χ2n) is 6.07. The molecule has 5 nitrogen and oxygen atoms in total. The fraction of sp³-hybridized carbons (Fsp3) is 0.647. The molecule has 0 aliphatic carbocycles. The normalized spacial score (nSPS) is 17.7.